The first-order chi connectivity index (χ1) is 12.9. The molecule has 1 nitrogen and oxygen atoms in total. The van der Waals surface area contributed by atoms with Crippen LogP contribution in [0.2, 0.25) is 0 Å². The van der Waals surface area contributed by atoms with Crippen LogP contribution in [-0.4, -0.2) is 5.11 Å². The largest absolute Gasteiger partial charge is 0.508 e. The Balaban J connectivity index is 1.79. The third-order valence-corrected chi connectivity index (χ3v) is 4.45. The minimum Gasteiger partial charge on any atom is -0.508 e. The van der Waals surface area contributed by atoms with Gasteiger partial charge in [-0.2, -0.15) is 0 Å². The molecule has 0 aliphatic heterocycles. The molecular formula is C22H12F4O. The fraction of sp³-hybridized carbons (Fsp3) is 0. The number of aromatic hydroxyl groups is 1. The van der Waals surface area contributed by atoms with Gasteiger partial charge in [0.05, 0.1) is 0 Å². The Hall–Kier alpha value is -3.34. The fourth-order valence-electron chi connectivity index (χ4n) is 3.06. The number of rotatable bonds is 2. The molecule has 0 amide bonds. The summed E-state index contributed by atoms with van der Waals surface area (Å²) in [5.74, 6) is -4.48. The number of phenols is 1. The van der Waals surface area contributed by atoms with Crippen LogP contribution in [0.1, 0.15) is 0 Å². The van der Waals surface area contributed by atoms with Gasteiger partial charge in [-0.25, -0.2) is 17.6 Å². The van der Waals surface area contributed by atoms with E-state index < -0.39 is 23.3 Å². The van der Waals surface area contributed by atoms with Crippen molar-refractivity contribution in [2.75, 3.05) is 0 Å². The van der Waals surface area contributed by atoms with Gasteiger partial charge in [-0.3, -0.25) is 0 Å². The van der Waals surface area contributed by atoms with Crippen molar-refractivity contribution in [2.45, 2.75) is 0 Å². The second kappa shape index (κ2) is 6.43. The minimum absolute atomic E-state index is 0.0706. The average Bonchev–Trinajstić information content (AvgIpc) is 2.66. The van der Waals surface area contributed by atoms with Crippen LogP contribution in [0.5, 0.6) is 5.75 Å². The molecule has 134 valence electrons. The van der Waals surface area contributed by atoms with Crippen LogP contribution >= 0.6 is 0 Å². The van der Waals surface area contributed by atoms with Gasteiger partial charge in [0.2, 0.25) is 0 Å². The van der Waals surface area contributed by atoms with Crippen LogP contribution in [0.4, 0.5) is 17.6 Å². The summed E-state index contributed by atoms with van der Waals surface area (Å²) in [6.45, 7) is 0. The van der Waals surface area contributed by atoms with Crippen molar-refractivity contribution in [2.24, 2.45) is 0 Å². The highest BCUT2D eigenvalue weighted by Crippen LogP contribution is 2.32. The molecule has 4 aromatic rings. The topological polar surface area (TPSA) is 20.2 Å². The summed E-state index contributed by atoms with van der Waals surface area (Å²) in [4.78, 5) is 0. The maximum absolute atomic E-state index is 14.7. The van der Waals surface area contributed by atoms with E-state index in [0.29, 0.717) is 11.1 Å². The number of halogens is 4. The van der Waals surface area contributed by atoms with E-state index in [2.05, 4.69) is 0 Å². The van der Waals surface area contributed by atoms with Gasteiger partial charge in [-0.05, 0) is 52.4 Å². The highest BCUT2D eigenvalue weighted by Gasteiger charge is 2.15. The molecule has 0 spiro atoms. The van der Waals surface area contributed by atoms with Crippen molar-refractivity contribution in [3.05, 3.63) is 90.0 Å². The van der Waals surface area contributed by atoms with E-state index in [0.717, 1.165) is 11.6 Å². The number of benzene rings is 4. The molecule has 0 aliphatic carbocycles. The van der Waals surface area contributed by atoms with Crippen LogP contribution in [0.3, 0.4) is 0 Å². The van der Waals surface area contributed by atoms with Crippen molar-refractivity contribution in [1.29, 1.82) is 0 Å². The Kier molecular flexibility index (Phi) is 4.07. The van der Waals surface area contributed by atoms with Crippen molar-refractivity contribution in [1.82, 2.24) is 0 Å². The predicted molar refractivity (Wildman–Crippen MR) is 96.3 cm³/mol. The highest BCUT2D eigenvalue weighted by atomic mass is 19.2. The molecule has 0 aliphatic rings. The van der Waals surface area contributed by atoms with Gasteiger partial charge in [0.25, 0.3) is 0 Å². The van der Waals surface area contributed by atoms with E-state index >= 15 is 0 Å². The molecule has 0 bridgehead atoms. The molecular weight excluding hydrogens is 356 g/mol. The number of hydrogen-bond acceptors (Lipinski definition) is 1. The van der Waals surface area contributed by atoms with E-state index in [1.54, 1.807) is 24.3 Å². The molecule has 0 radical (unpaired) electrons. The lowest BCUT2D eigenvalue weighted by molar-refractivity contribution is 0.453. The summed E-state index contributed by atoms with van der Waals surface area (Å²) in [6, 6.07) is 16.0. The summed E-state index contributed by atoms with van der Waals surface area (Å²) in [5.41, 5.74) is 2.03. The SMILES string of the molecule is Oc1ccc(-c2ccc(-c3ccc4c(F)c(F)c(F)cc4c3)c(F)c2)cc1. The van der Waals surface area contributed by atoms with Crippen LogP contribution in [0.15, 0.2) is 66.7 Å². The first-order valence-corrected chi connectivity index (χ1v) is 8.10. The average molecular weight is 368 g/mol. The van der Waals surface area contributed by atoms with Gasteiger partial charge in [-0.15, -0.1) is 0 Å². The molecule has 5 heteroatoms. The van der Waals surface area contributed by atoms with Crippen molar-refractivity contribution in [3.8, 4) is 28.0 Å². The van der Waals surface area contributed by atoms with Crippen molar-refractivity contribution >= 4 is 10.8 Å². The van der Waals surface area contributed by atoms with E-state index in [1.165, 1.54) is 36.4 Å². The summed E-state index contributed by atoms with van der Waals surface area (Å²) in [5, 5.41) is 9.42. The normalized spacial score (nSPS) is 11.1. The Morgan fingerprint density at radius 2 is 1.22 bits per heavy atom. The zero-order valence-electron chi connectivity index (χ0n) is 13.8. The minimum atomic E-state index is -1.53. The lowest BCUT2D eigenvalue weighted by Gasteiger charge is -2.09. The van der Waals surface area contributed by atoms with Crippen LogP contribution in [0, 0.1) is 23.3 Å². The maximum Gasteiger partial charge on any atom is 0.195 e. The van der Waals surface area contributed by atoms with Crippen LogP contribution < -0.4 is 0 Å². The monoisotopic (exact) mass is 368 g/mol. The van der Waals surface area contributed by atoms with Crippen molar-refractivity contribution < 1.29 is 22.7 Å². The van der Waals surface area contributed by atoms with Crippen LogP contribution in [0.25, 0.3) is 33.0 Å². The maximum atomic E-state index is 14.7. The first-order valence-electron chi connectivity index (χ1n) is 8.10. The smallest absolute Gasteiger partial charge is 0.195 e. The molecule has 0 saturated heterocycles. The Labute approximate surface area is 152 Å². The Morgan fingerprint density at radius 3 is 1.93 bits per heavy atom. The third-order valence-electron chi connectivity index (χ3n) is 4.45. The first kappa shape index (κ1) is 17.1. The molecule has 4 rings (SSSR count). The summed E-state index contributed by atoms with van der Waals surface area (Å²) >= 11 is 0. The third kappa shape index (κ3) is 3.01. The molecule has 1 N–H and O–H groups in total. The molecule has 0 aromatic heterocycles. The van der Waals surface area contributed by atoms with Gasteiger partial charge in [0.1, 0.15) is 11.6 Å². The van der Waals surface area contributed by atoms with Gasteiger partial charge in [0, 0.05) is 10.9 Å². The summed E-state index contributed by atoms with van der Waals surface area (Å²) in [7, 11) is 0. The molecule has 0 atom stereocenters. The van der Waals surface area contributed by atoms with Gasteiger partial charge in [-0.1, -0.05) is 36.4 Å². The zero-order valence-corrected chi connectivity index (χ0v) is 13.8. The van der Waals surface area contributed by atoms with Gasteiger partial charge < -0.3 is 5.11 Å². The summed E-state index contributed by atoms with van der Waals surface area (Å²) in [6.07, 6.45) is 0. The molecule has 0 unspecified atom stereocenters. The highest BCUT2D eigenvalue weighted by molar-refractivity contribution is 5.88. The van der Waals surface area contributed by atoms with Crippen molar-refractivity contribution in [3.63, 3.8) is 0 Å². The quantitative estimate of drug-likeness (QED) is 0.319. The van der Waals surface area contributed by atoms with Crippen LogP contribution in [-0.2, 0) is 0 Å². The standard InChI is InChI=1S/C22H12F4O/c23-19-10-13(12-1-5-16(27)6-2-12)3-7-17(19)14-4-8-18-15(9-14)11-20(24)22(26)21(18)25/h1-11,27H. The second-order valence-electron chi connectivity index (χ2n) is 6.16. The van der Waals surface area contributed by atoms with Gasteiger partial charge >= 0.3 is 0 Å². The number of fused-ring (bicyclic) bond motifs is 1. The summed E-state index contributed by atoms with van der Waals surface area (Å²) < 4.78 is 55.3. The van der Waals surface area contributed by atoms with E-state index in [1.807, 2.05) is 0 Å². The molecule has 0 saturated carbocycles. The Morgan fingerprint density at radius 1 is 0.556 bits per heavy atom. The molecule has 0 heterocycles. The van der Waals surface area contributed by atoms with E-state index in [-0.39, 0.29) is 22.1 Å². The lowest BCUT2D eigenvalue weighted by atomic mass is 9.97. The number of hydrogen-bond donors (Lipinski definition) is 1. The number of phenolic OH excluding ortho intramolecular Hbond substituents is 1. The lowest BCUT2D eigenvalue weighted by Crippen LogP contribution is -1.93. The predicted octanol–water partition coefficient (Wildman–Crippen LogP) is 6.44. The molecule has 4 aromatic carbocycles. The molecule has 27 heavy (non-hydrogen) atoms. The van der Waals surface area contributed by atoms with E-state index in [9.17, 15) is 22.7 Å². The zero-order chi connectivity index (χ0) is 19.1. The van der Waals surface area contributed by atoms with E-state index in [4.69, 9.17) is 0 Å². The van der Waals surface area contributed by atoms with Gasteiger partial charge in [0.15, 0.2) is 17.5 Å². The Bertz CT molecular complexity index is 1170. The fourth-order valence-corrected chi connectivity index (χ4v) is 3.06. The second-order valence-corrected chi connectivity index (χ2v) is 6.16. The molecule has 0 fully saturated rings.